The monoisotopic (exact) mass is 318 g/mol. The van der Waals surface area contributed by atoms with E-state index in [1.807, 2.05) is 42.5 Å². The number of hydrogen-bond donors (Lipinski definition) is 2. The van der Waals surface area contributed by atoms with Crippen LogP contribution in [0.5, 0.6) is 5.75 Å². The number of rotatable bonds is 7. The lowest BCUT2D eigenvalue weighted by Crippen LogP contribution is -2.20. The number of hydrogen-bond acceptors (Lipinski definition) is 3. The van der Waals surface area contributed by atoms with Gasteiger partial charge in [-0.15, -0.1) is 0 Å². The van der Waals surface area contributed by atoms with Crippen molar-refractivity contribution in [2.24, 2.45) is 0 Å². The molecule has 0 saturated carbocycles. The third kappa shape index (κ3) is 4.86. The van der Waals surface area contributed by atoms with Crippen LogP contribution in [0.25, 0.3) is 0 Å². The molecule has 0 unspecified atom stereocenters. The summed E-state index contributed by atoms with van der Waals surface area (Å²) in [4.78, 5) is 0. The van der Waals surface area contributed by atoms with E-state index in [0.29, 0.717) is 6.61 Å². The molecule has 3 heteroatoms. The molecule has 0 aliphatic carbocycles. The van der Waals surface area contributed by atoms with E-state index in [9.17, 15) is 0 Å². The molecule has 0 aliphatic rings. The van der Waals surface area contributed by atoms with Gasteiger partial charge in [-0.1, -0.05) is 60.2 Å². The second-order valence-electron chi connectivity index (χ2n) is 5.77. The number of nitrogens with one attached hydrogen (secondary N) is 2. The molecule has 0 atom stereocenters. The van der Waals surface area contributed by atoms with Gasteiger partial charge in [0.25, 0.3) is 0 Å². The van der Waals surface area contributed by atoms with Crippen molar-refractivity contribution < 1.29 is 4.74 Å². The van der Waals surface area contributed by atoms with Gasteiger partial charge in [-0.05, 0) is 42.3 Å². The summed E-state index contributed by atoms with van der Waals surface area (Å²) in [6.07, 6.45) is 0. The van der Waals surface area contributed by atoms with E-state index in [0.717, 1.165) is 18.0 Å². The lowest BCUT2D eigenvalue weighted by atomic mass is 10.1. The summed E-state index contributed by atoms with van der Waals surface area (Å²) in [6.45, 7) is 3.43. The van der Waals surface area contributed by atoms with Gasteiger partial charge in [-0.25, -0.2) is 5.43 Å². The Morgan fingerprint density at radius 1 is 0.792 bits per heavy atom. The molecular formula is C21H22N2O. The largest absolute Gasteiger partial charge is 0.489 e. The maximum absolute atomic E-state index is 5.84. The fraction of sp³-hybridized carbons (Fsp3) is 0.143. The third-order valence-corrected chi connectivity index (χ3v) is 3.71. The van der Waals surface area contributed by atoms with E-state index in [4.69, 9.17) is 4.74 Å². The minimum absolute atomic E-state index is 0.592. The smallest absolute Gasteiger partial charge is 0.119 e. The lowest BCUT2D eigenvalue weighted by molar-refractivity contribution is 0.306. The zero-order valence-electron chi connectivity index (χ0n) is 13.8. The van der Waals surface area contributed by atoms with Gasteiger partial charge >= 0.3 is 0 Å². The molecule has 0 radical (unpaired) electrons. The molecule has 0 aromatic heterocycles. The molecule has 3 aromatic carbocycles. The Hall–Kier alpha value is -2.78. The first-order valence-electron chi connectivity index (χ1n) is 8.11. The molecule has 0 aliphatic heterocycles. The quantitative estimate of drug-likeness (QED) is 0.620. The summed E-state index contributed by atoms with van der Waals surface area (Å²) in [5.41, 5.74) is 11.1. The zero-order chi connectivity index (χ0) is 16.6. The van der Waals surface area contributed by atoms with Crippen molar-refractivity contribution in [2.45, 2.75) is 20.1 Å². The summed E-state index contributed by atoms with van der Waals surface area (Å²) in [5, 5.41) is 0. The van der Waals surface area contributed by atoms with Crippen molar-refractivity contribution in [1.82, 2.24) is 5.43 Å². The number of benzene rings is 3. The van der Waals surface area contributed by atoms with Crippen LogP contribution in [0.15, 0.2) is 78.9 Å². The number of para-hydroxylation sites is 1. The van der Waals surface area contributed by atoms with Crippen LogP contribution in [0.2, 0.25) is 0 Å². The minimum Gasteiger partial charge on any atom is -0.489 e. The average molecular weight is 318 g/mol. The number of anilines is 1. The van der Waals surface area contributed by atoms with Gasteiger partial charge in [-0.2, -0.15) is 0 Å². The number of hydrazine groups is 1. The van der Waals surface area contributed by atoms with Gasteiger partial charge in [0.15, 0.2) is 0 Å². The van der Waals surface area contributed by atoms with Gasteiger partial charge in [-0.3, -0.25) is 0 Å². The highest BCUT2D eigenvalue weighted by Gasteiger charge is 1.98. The maximum Gasteiger partial charge on any atom is 0.119 e. The fourth-order valence-electron chi connectivity index (χ4n) is 2.44. The van der Waals surface area contributed by atoms with Crippen LogP contribution >= 0.6 is 0 Å². The van der Waals surface area contributed by atoms with Crippen LogP contribution in [0.4, 0.5) is 5.69 Å². The highest BCUT2D eigenvalue weighted by Crippen LogP contribution is 2.15. The standard InChI is InChI=1S/C21H22N2O/c1-17-6-5-7-19(14-17)16-24-21-12-10-18(11-13-21)15-22-23-20-8-3-2-4-9-20/h2-14,22-23H,15-16H2,1H3. The summed E-state index contributed by atoms with van der Waals surface area (Å²) in [6, 6.07) is 26.6. The Morgan fingerprint density at radius 2 is 1.58 bits per heavy atom. The van der Waals surface area contributed by atoms with Crippen LogP contribution in [-0.2, 0) is 13.2 Å². The zero-order valence-corrected chi connectivity index (χ0v) is 13.8. The van der Waals surface area contributed by atoms with E-state index in [-0.39, 0.29) is 0 Å². The first-order valence-corrected chi connectivity index (χ1v) is 8.11. The van der Waals surface area contributed by atoms with E-state index in [1.54, 1.807) is 0 Å². The Kier molecular flexibility index (Phi) is 5.48. The van der Waals surface area contributed by atoms with Gasteiger partial charge in [0, 0.05) is 12.2 Å². The predicted octanol–water partition coefficient (Wildman–Crippen LogP) is 4.69. The molecule has 122 valence electrons. The van der Waals surface area contributed by atoms with E-state index in [2.05, 4.69) is 54.2 Å². The van der Waals surface area contributed by atoms with Crippen molar-refractivity contribution in [2.75, 3.05) is 5.43 Å². The van der Waals surface area contributed by atoms with Crippen molar-refractivity contribution in [3.05, 3.63) is 95.6 Å². The molecular weight excluding hydrogens is 296 g/mol. The SMILES string of the molecule is Cc1cccc(COc2ccc(CNNc3ccccc3)cc2)c1. The summed E-state index contributed by atoms with van der Waals surface area (Å²) in [5.74, 6) is 0.885. The second-order valence-corrected chi connectivity index (χ2v) is 5.77. The Bertz CT molecular complexity index is 754. The van der Waals surface area contributed by atoms with Crippen LogP contribution in [0.3, 0.4) is 0 Å². The van der Waals surface area contributed by atoms with E-state index < -0.39 is 0 Å². The molecule has 24 heavy (non-hydrogen) atoms. The third-order valence-electron chi connectivity index (χ3n) is 3.71. The molecule has 3 nitrogen and oxygen atoms in total. The second kappa shape index (κ2) is 8.18. The van der Waals surface area contributed by atoms with Crippen molar-refractivity contribution in [3.8, 4) is 5.75 Å². The summed E-state index contributed by atoms with van der Waals surface area (Å²) < 4.78 is 5.84. The molecule has 3 aromatic rings. The van der Waals surface area contributed by atoms with Crippen LogP contribution < -0.4 is 15.6 Å². The minimum atomic E-state index is 0.592. The van der Waals surface area contributed by atoms with Gasteiger partial charge in [0.2, 0.25) is 0 Å². The molecule has 0 heterocycles. The van der Waals surface area contributed by atoms with E-state index >= 15 is 0 Å². The Labute approximate surface area is 143 Å². The Morgan fingerprint density at radius 3 is 2.33 bits per heavy atom. The first-order chi connectivity index (χ1) is 11.8. The molecule has 0 bridgehead atoms. The van der Waals surface area contributed by atoms with Gasteiger partial charge in [0.05, 0.1) is 0 Å². The van der Waals surface area contributed by atoms with Crippen molar-refractivity contribution in [3.63, 3.8) is 0 Å². The topological polar surface area (TPSA) is 33.3 Å². The van der Waals surface area contributed by atoms with Crippen LogP contribution in [-0.4, -0.2) is 0 Å². The maximum atomic E-state index is 5.84. The summed E-state index contributed by atoms with van der Waals surface area (Å²) >= 11 is 0. The molecule has 0 saturated heterocycles. The highest BCUT2D eigenvalue weighted by molar-refractivity contribution is 5.41. The van der Waals surface area contributed by atoms with Crippen molar-refractivity contribution in [1.29, 1.82) is 0 Å². The normalized spacial score (nSPS) is 10.4. The molecule has 2 N–H and O–H groups in total. The highest BCUT2D eigenvalue weighted by atomic mass is 16.5. The van der Waals surface area contributed by atoms with Crippen LogP contribution in [0.1, 0.15) is 16.7 Å². The molecule has 0 fully saturated rings. The number of aryl methyl sites for hydroxylation is 1. The first kappa shape index (κ1) is 16.1. The molecule has 0 spiro atoms. The van der Waals surface area contributed by atoms with E-state index in [1.165, 1.54) is 16.7 Å². The van der Waals surface area contributed by atoms with Gasteiger partial charge in [0.1, 0.15) is 12.4 Å². The van der Waals surface area contributed by atoms with Crippen molar-refractivity contribution >= 4 is 5.69 Å². The molecule has 0 amide bonds. The lowest BCUT2D eigenvalue weighted by Gasteiger charge is -2.10. The number of ether oxygens (including phenoxy) is 1. The Balaban J connectivity index is 1.46. The predicted molar refractivity (Wildman–Crippen MR) is 98.9 cm³/mol. The van der Waals surface area contributed by atoms with Crippen LogP contribution in [0, 0.1) is 6.92 Å². The average Bonchev–Trinajstić information content (AvgIpc) is 2.62. The van der Waals surface area contributed by atoms with Gasteiger partial charge < -0.3 is 10.2 Å². The molecule has 3 rings (SSSR count). The summed E-state index contributed by atoms with van der Waals surface area (Å²) in [7, 11) is 0. The fourth-order valence-corrected chi connectivity index (χ4v) is 2.44.